The number of nitrogens with zero attached hydrogens (tertiary/aromatic N) is 4. The minimum atomic E-state index is -0.291. The largest absolute Gasteiger partial charge is 0.350 e. The van der Waals surface area contributed by atoms with E-state index in [1.807, 2.05) is 12.1 Å². The zero-order valence-corrected chi connectivity index (χ0v) is 13.4. The topological polar surface area (TPSA) is 72.7 Å². The molecule has 1 aromatic carbocycles. The van der Waals surface area contributed by atoms with Crippen LogP contribution in [0, 0.1) is 5.82 Å². The number of hydrogen-bond acceptors (Lipinski definition) is 5. The van der Waals surface area contributed by atoms with Crippen LogP contribution >= 0.6 is 11.8 Å². The van der Waals surface area contributed by atoms with Crippen molar-refractivity contribution in [2.24, 2.45) is 0 Å². The molecular formula is C16H14FN5OS. The Bertz CT molecular complexity index is 807. The molecule has 3 rings (SSSR count). The second-order valence-corrected chi connectivity index (χ2v) is 5.93. The predicted molar refractivity (Wildman–Crippen MR) is 88.1 cm³/mol. The molecule has 0 aliphatic heterocycles. The van der Waals surface area contributed by atoms with Crippen molar-refractivity contribution < 1.29 is 9.18 Å². The van der Waals surface area contributed by atoms with Crippen molar-refractivity contribution in [1.82, 2.24) is 25.3 Å². The van der Waals surface area contributed by atoms with Crippen LogP contribution in [-0.4, -0.2) is 31.6 Å². The lowest BCUT2D eigenvalue weighted by atomic mass is 10.4. The summed E-state index contributed by atoms with van der Waals surface area (Å²) in [5.41, 5.74) is 1.51. The molecule has 0 spiro atoms. The lowest BCUT2D eigenvalue weighted by Gasteiger charge is -2.03. The van der Waals surface area contributed by atoms with Gasteiger partial charge in [0.05, 0.1) is 24.2 Å². The molecule has 8 heteroatoms. The van der Waals surface area contributed by atoms with Crippen LogP contribution in [0.2, 0.25) is 0 Å². The van der Waals surface area contributed by atoms with Crippen molar-refractivity contribution in [1.29, 1.82) is 0 Å². The average molecular weight is 343 g/mol. The van der Waals surface area contributed by atoms with Crippen LogP contribution in [0.4, 0.5) is 4.39 Å². The summed E-state index contributed by atoms with van der Waals surface area (Å²) in [6.07, 6.45) is 5.10. The number of thioether (sulfide) groups is 1. The summed E-state index contributed by atoms with van der Waals surface area (Å²) in [5, 5.41) is 10.8. The van der Waals surface area contributed by atoms with Gasteiger partial charge in [-0.1, -0.05) is 5.21 Å². The lowest BCUT2D eigenvalue weighted by molar-refractivity contribution is -0.118. The molecule has 1 N–H and O–H groups in total. The Morgan fingerprint density at radius 2 is 1.92 bits per heavy atom. The van der Waals surface area contributed by atoms with Crippen LogP contribution in [0.1, 0.15) is 5.69 Å². The average Bonchev–Trinajstić information content (AvgIpc) is 3.09. The summed E-state index contributed by atoms with van der Waals surface area (Å²) in [4.78, 5) is 16.7. The summed E-state index contributed by atoms with van der Waals surface area (Å²) in [7, 11) is 0. The Hall–Kier alpha value is -2.74. The standard InChI is InChI=1S/C16H14FN5OS/c17-12-1-3-15(4-2-12)24-11-16(23)19-9-13-10-22(21-20-13)14-5-7-18-8-6-14/h1-8,10H,9,11H2,(H,19,23). The highest BCUT2D eigenvalue weighted by Gasteiger charge is 2.06. The molecule has 24 heavy (non-hydrogen) atoms. The van der Waals surface area contributed by atoms with Gasteiger partial charge in [0.15, 0.2) is 0 Å². The highest BCUT2D eigenvalue weighted by atomic mass is 32.2. The number of nitrogens with one attached hydrogen (secondary N) is 1. The summed E-state index contributed by atoms with van der Waals surface area (Å²) < 4.78 is 14.4. The number of carbonyl (C=O) groups is 1. The first-order chi connectivity index (χ1) is 11.7. The summed E-state index contributed by atoms with van der Waals surface area (Å²) >= 11 is 1.35. The number of amides is 1. The molecule has 2 aromatic heterocycles. The van der Waals surface area contributed by atoms with Gasteiger partial charge in [-0.05, 0) is 36.4 Å². The molecule has 122 valence electrons. The normalized spacial score (nSPS) is 10.5. The van der Waals surface area contributed by atoms with Crippen LogP contribution in [0.3, 0.4) is 0 Å². The van der Waals surface area contributed by atoms with E-state index in [-0.39, 0.29) is 17.5 Å². The van der Waals surface area contributed by atoms with Gasteiger partial charge in [-0.15, -0.1) is 16.9 Å². The molecule has 2 heterocycles. The van der Waals surface area contributed by atoms with E-state index in [4.69, 9.17) is 0 Å². The SMILES string of the molecule is O=C(CSc1ccc(F)cc1)NCc1cn(-c2ccncc2)nn1. The van der Waals surface area contributed by atoms with Crippen LogP contribution < -0.4 is 5.32 Å². The van der Waals surface area contributed by atoms with Gasteiger partial charge in [0.2, 0.25) is 5.91 Å². The van der Waals surface area contributed by atoms with E-state index in [1.54, 1.807) is 35.4 Å². The number of aromatic nitrogens is 4. The molecule has 0 aliphatic rings. The van der Waals surface area contributed by atoms with Crippen molar-refractivity contribution >= 4 is 17.7 Å². The number of carbonyl (C=O) groups excluding carboxylic acids is 1. The van der Waals surface area contributed by atoms with Gasteiger partial charge in [-0.2, -0.15) is 0 Å². The third-order valence-electron chi connectivity index (χ3n) is 3.12. The minimum Gasteiger partial charge on any atom is -0.350 e. The van der Waals surface area contributed by atoms with Crippen molar-refractivity contribution in [2.45, 2.75) is 11.4 Å². The maximum absolute atomic E-state index is 12.8. The fourth-order valence-electron chi connectivity index (χ4n) is 1.92. The van der Waals surface area contributed by atoms with Gasteiger partial charge in [0.25, 0.3) is 0 Å². The Morgan fingerprint density at radius 3 is 2.67 bits per heavy atom. The van der Waals surface area contributed by atoms with E-state index < -0.39 is 0 Å². The lowest BCUT2D eigenvalue weighted by Crippen LogP contribution is -2.24. The fourth-order valence-corrected chi connectivity index (χ4v) is 2.65. The summed E-state index contributed by atoms with van der Waals surface area (Å²) in [6, 6.07) is 9.67. The van der Waals surface area contributed by atoms with E-state index in [1.165, 1.54) is 23.9 Å². The van der Waals surface area contributed by atoms with Gasteiger partial charge in [-0.3, -0.25) is 9.78 Å². The zero-order valence-electron chi connectivity index (χ0n) is 12.6. The summed E-state index contributed by atoms with van der Waals surface area (Å²) in [5.74, 6) is -0.159. The Morgan fingerprint density at radius 1 is 1.17 bits per heavy atom. The van der Waals surface area contributed by atoms with E-state index in [0.717, 1.165) is 10.6 Å². The second kappa shape index (κ2) is 7.69. The van der Waals surface area contributed by atoms with Crippen molar-refractivity contribution in [3.05, 3.63) is 66.5 Å². The van der Waals surface area contributed by atoms with Gasteiger partial charge >= 0.3 is 0 Å². The molecule has 0 atom stereocenters. The van der Waals surface area contributed by atoms with E-state index in [2.05, 4.69) is 20.6 Å². The van der Waals surface area contributed by atoms with E-state index in [9.17, 15) is 9.18 Å². The molecule has 0 unspecified atom stereocenters. The summed E-state index contributed by atoms with van der Waals surface area (Å²) in [6.45, 7) is 0.299. The number of benzene rings is 1. The molecule has 0 saturated heterocycles. The molecule has 3 aromatic rings. The van der Waals surface area contributed by atoms with Gasteiger partial charge in [-0.25, -0.2) is 9.07 Å². The monoisotopic (exact) mass is 343 g/mol. The fraction of sp³-hybridized carbons (Fsp3) is 0.125. The van der Waals surface area contributed by atoms with Crippen LogP contribution in [0.25, 0.3) is 5.69 Å². The van der Waals surface area contributed by atoms with Crippen LogP contribution in [0.15, 0.2) is 59.9 Å². The minimum absolute atomic E-state index is 0.122. The van der Waals surface area contributed by atoms with Gasteiger partial charge in [0, 0.05) is 17.3 Å². The Balaban J connectivity index is 1.48. The van der Waals surface area contributed by atoms with Gasteiger partial charge in [0.1, 0.15) is 11.5 Å². The smallest absolute Gasteiger partial charge is 0.230 e. The molecule has 0 bridgehead atoms. The van der Waals surface area contributed by atoms with Crippen molar-refractivity contribution in [3.8, 4) is 5.69 Å². The van der Waals surface area contributed by atoms with Crippen LogP contribution in [-0.2, 0) is 11.3 Å². The van der Waals surface area contributed by atoms with Gasteiger partial charge < -0.3 is 5.32 Å². The van der Waals surface area contributed by atoms with Crippen molar-refractivity contribution in [3.63, 3.8) is 0 Å². The first-order valence-electron chi connectivity index (χ1n) is 7.17. The third-order valence-corrected chi connectivity index (χ3v) is 4.13. The molecule has 6 nitrogen and oxygen atoms in total. The quantitative estimate of drug-likeness (QED) is 0.695. The first kappa shape index (κ1) is 16.1. The first-order valence-corrected chi connectivity index (χ1v) is 8.16. The number of hydrogen-bond donors (Lipinski definition) is 1. The maximum atomic E-state index is 12.8. The molecule has 0 fully saturated rings. The van der Waals surface area contributed by atoms with Crippen LogP contribution in [0.5, 0.6) is 0 Å². The Kier molecular flexibility index (Phi) is 5.17. The molecular weight excluding hydrogens is 329 g/mol. The van der Waals surface area contributed by atoms with E-state index in [0.29, 0.717) is 12.2 Å². The molecule has 0 saturated carbocycles. The number of rotatable bonds is 6. The second-order valence-electron chi connectivity index (χ2n) is 4.88. The highest BCUT2D eigenvalue weighted by Crippen LogP contribution is 2.17. The highest BCUT2D eigenvalue weighted by molar-refractivity contribution is 8.00. The van der Waals surface area contributed by atoms with E-state index >= 15 is 0 Å². The Labute approximate surface area is 142 Å². The molecule has 0 aliphatic carbocycles. The molecule has 1 amide bonds. The zero-order chi connectivity index (χ0) is 16.8. The maximum Gasteiger partial charge on any atom is 0.230 e. The van der Waals surface area contributed by atoms with Crippen molar-refractivity contribution in [2.75, 3.05) is 5.75 Å². The molecule has 0 radical (unpaired) electrons. The number of pyridine rings is 1. The predicted octanol–water partition coefficient (Wildman–Crippen LogP) is 2.21. The number of halogens is 1. The third kappa shape index (κ3) is 4.39.